The van der Waals surface area contributed by atoms with Gasteiger partial charge in [0, 0.05) is 17.3 Å². The van der Waals surface area contributed by atoms with Crippen molar-refractivity contribution in [2.75, 3.05) is 5.75 Å². The summed E-state index contributed by atoms with van der Waals surface area (Å²) in [7, 11) is 0. The predicted octanol–water partition coefficient (Wildman–Crippen LogP) is 4.87. The molecule has 1 saturated carbocycles. The van der Waals surface area contributed by atoms with E-state index in [-0.39, 0.29) is 11.9 Å². The van der Waals surface area contributed by atoms with Gasteiger partial charge in [0.1, 0.15) is 5.82 Å². The molecule has 1 fully saturated rings. The summed E-state index contributed by atoms with van der Waals surface area (Å²) in [6.07, 6.45) is 3.13. The van der Waals surface area contributed by atoms with Gasteiger partial charge < -0.3 is 9.88 Å². The fourth-order valence-corrected chi connectivity index (χ4v) is 4.97. The first kappa shape index (κ1) is 20.2. The summed E-state index contributed by atoms with van der Waals surface area (Å²) in [4.78, 5) is 14.0. The summed E-state index contributed by atoms with van der Waals surface area (Å²) >= 11 is 3.23. The lowest BCUT2D eigenvalue weighted by molar-refractivity contribution is -0.119. The number of hydrogen-bond acceptors (Lipinski definition) is 5. The Morgan fingerprint density at radius 3 is 2.66 bits per heavy atom. The number of carbonyl (C=O) groups is 1. The lowest BCUT2D eigenvalue weighted by atomic mass is 9.96. The first-order valence-corrected chi connectivity index (χ1v) is 11.9. The van der Waals surface area contributed by atoms with E-state index in [1.807, 2.05) is 18.2 Å². The van der Waals surface area contributed by atoms with Gasteiger partial charge in [-0.25, -0.2) is 0 Å². The third kappa shape index (κ3) is 5.08. The fraction of sp³-hybridized carbons (Fsp3) is 0.409. The molecule has 7 heteroatoms. The van der Waals surface area contributed by atoms with Crippen LogP contribution in [0.4, 0.5) is 0 Å². The van der Waals surface area contributed by atoms with Crippen molar-refractivity contribution in [1.29, 1.82) is 0 Å². The molecule has 0 bridgehead atoms. The van der Waals surface area contributed by atoms with Gasteiger partial charge in [-0.3, -0.25) is 4.79 Å². The normalized spacial score (nSPS) is 14.9. The van der Waals surface area contributed by atoms with E-state index in [9.17, 15) is 4.79 Å². The first-order valence-electron chi connectivity index (χ1n) is 10.0. The second-order valence-corrected chi connectivity index (χ2v) is 9.72. The average Bonchev–Trinajstić information content (AvgIpc) is 3.27. The molecule has 0 spiro atoms. The van der Waals surface area contributed by atoms with Crippen LogP contribution in [0, 0.1) is 5.92 Å². The minimum Gasteiger partial charge on any atom is -0.348 e. The van der Waals surface area contributed by atoms with E-state index in [2.05, 4.69) is 63.6 Å². The zero-order valence-electron chi connectivity index (χ0n) is 16.7. The van der Waals surface area contributed by atoms with E-state index in [1.54, 1.807) is 11.3 Å². The second-order valence-electron chi connectivity index (χ2n) is 7.74. The summed E-state index contributed by atoms with van der Waals surface area (Å²) in [5.41, 5.74) is 1.14. The molecule has 152 valence electrons. The molecule has 29 heavy (non-hydrogen) atoms. The number of thiophene rings is 1. The fourth-order valence-electron chi connectivity index (χ4n) is 3.44. The van der Waals surface area contributed by atoms with Crippen LogP contribution < -0.4 is 5.32 Å². The van der Waals surface area contributed by atoms with Crippen molar-refractivity contribution in [3.05, 3.63) is 64.1 Å². The van der Waals surface area contributed by atoms with E-state index in [4.69, 9.17) is 0 Å². The molecule has 0 saturated heterocycles. The number of thioether (sulfide) groups is 1. The Kier molecular flexibility index (Phi) is 6.35. The van der Waals surface area contributed by atoms with Gasteiger partial charge in [-0.2, -0.15) is 0 Å². The molecule has 5 nitrogen and oxygen atoms in total. The molecule has 1 aromatic carbocycles. The van der Waals surface area contributed by atoms with Crippen LogP contribution >= 0.6 is 23.1 Å². The van der Waals surface area contributed by atoms with Crippen LogP contribution in [0.3, 0.4) is 0 Å². The van der Waals surface area contributed by atoms with Gasteiger partial charge in [-0.1, -0.05) is 62.0 Å². The molecule has 2 aromatic heterocycles. The van der Waals surface area contributed by atoms with Gasteiger partial charge in [0.15, 0.2) is 5.16 Å². The Balaban J connectivity index is 1.41. The molecule has 0 radical (unpaired) electrons. The standard InChI is InChI=1S/C22H26N4OS2/c1-15(2)21(16-7-4-3-5-8-16)23-20(27)14-29-22-25-24-19(26(22)17-10-11-17)13-18-9-6-12-28-18/h3-9,12,15,17,21H,10-11,13-14H2,1-2H3,(H,23,27). The number of benzene rings is 1. The minimum absolute atomic E-state index is 0.0139. The SMILES string of the molecule is CC(C)C(NC(=O)CSc1nnc(Cc2cccs2)n1C1CC1)c1ccccc1. The maximum atomic E-state index is 12.7. The number of nitrogens with zero attached hydrogens (tertiary/aromatic N) is 3. The monoisotopic (exact) mass is 426 g/mol. The van der Waals surface area contributed by atoms with Crippen molar-refractivity contribution in [3.63, 3.8) is 0 Å². The quantitative estimate of drug-likeness (QED) is 0.496. The molecular formula is C22H26N4OS2. The highest BCUT2D eigenvalue weighted by Gasteiger charge is 2.30. The Hall–Kier alpha value is -2.12. The van der Waals surface area contributed by atoms with Crippen LogP contribution in [0.25, 0.3) is 0 Å². The lowest BCUT2D eigenvalue weighted by Crippen LogP contribution is -2.33. The summed E-state index contributed by atoms with van der Waals surface area (Å²) in [6.45, 7) is 4.26. The smallest absolute Gasteiger partial charge is 0.230 e. The molecule has 1 amide bonds. The van der Waals surface area contributed by atoms with Gasteiger partial charge in [-0.05, 0) is 35.8 Å². The molecule has 2 heterocycles. The first-order chi connectivity index (χ1) is 14.1. The van der Waals surface area contributed by atoms with E-state index in [0.717, 1.165) is 23.0 Å². The highest BCUT2D eigenvalue weighted by molar-refractivity contribution is 7.99. The highest BCUT2D eigenvalue weighted by atomic mass is 32.2. The Morgan fingerprint density at radius 2 is 2.00 bits per heavy atom. The van der Waals surface area contributed by atoms with Gasteiger partial charge in [0.25, 0.3) is 0 Å². The summed E-state index contributed by atoms with van der Waals surface area (Å²) < 4.78 is 2.24. The zero-order chi connectivity index (χ0) is 20.2. The third-order valence-electron chi connectivity index (χ3n) is 5.03. The van der Waals surface area contributed by atoms with E-state index < -0.39 is 0 Å². The Labute approximate surface area is 179 Å². The van der Waals surface area contributed by atoms with Crippen molar-refractivity contribution in [3.8, 4) is 0 Å². The van der Waals surface area contributed by atoms with E-state index in [0.29, 0.717) is 17.7 Å². The minimum atomic E-state index is 0.0139. The van der Waals surface area contributed by atoms with Crippen LogP contribution in [-0.2, 0) is 11.2 Å². The lowest BCUT2D eigenvalue weighted by Gasteiger charge is -2.22. The highest BCUT2D eigenvalue weighted by Crippen LogP contribution is 2.39. The molecule has 0 aliphatic heterocycles. The third-order valence-corrected chi connectivity index (χ3v) is 6.85. The van der Waals surface area contributed by atoms with Crippen molar-refractivity contribution in [1.82, 2.24) is 20.1 Å². The van der Waals surface area contributed by atoms with Crippen molar-refractivity contribution >= 4 is 29.0 Å². The van der Waals surface area contributed by atoms with Gasteiger partial charge in [0.05, 0.1) is 11.8 Å². The number of amides is 1. The van der Waals surface area contributed by atoms with Crippen LogP contribution in [0.5, 0.6) is 0 Å². The molecule has 1 aliphatic carbocycles. The summed E-state index contributed by atoms with van der Waals surface area (Å²) in [5, 5.41) is 15.0. The van der Waals surface area contributed by atoms with Crippen LogP contribution in [-0.4, -0.2) is 26.4 Å². The molecule has 1 atom stereocenters. The van der Waals surface area contributed by atoms with Gasteiger partial charge in [-0.15, -0.1) is 21.5 Å². The van der Waals surface area contributed by atoms with Crippen LogP contribution in [0.1, 0.15) is 55.0 Å². The zero-order valence-corrected chi connectivity index (χ0v) is 18.4. The largest absolute Gasteiger partial charge is 0.348 e. The van der Waals surface area contributed by atoms with Gasteiger partial charge in [0.2, 0.25) is 5.91 Å². The van der Waals surface area contributed by atoms with Crippen molar-refractivity contribution < 1.29 is 4.79 Å². The maximum Gasteiger partial charge on any atom is 0.230 e. The Morgan fingerprint density at radius 1 is 1.21 bits per heavy atom. The number of nitrogens with one attached hydrogen (secondary N) is 1. The average molecular weight is 427 g/mol. The molecule has 4 rings (SSSR count). The number of rotatable bonds is 9. The maximum absolute atomic E-state index is 12.7. The molecule has 1 aliphatic rings. The summed E-state index contributed by atoms with van der Waals surface area (Å²) in [5.74, 6) is 1.70. The van der Waals surface area contributed by atoms with Gasteiger partial charge >= 0.3 is 0 Å². The van der Waals surface area contributed by atoms with Crippen LogP contribution in [0.2, 0.25) is 0 Å². The number of hydrogen-bond donors (Lipinski definition) is 1. The van der Waals surface area contributed by atoms with Crippen molar-refractivity contribution in [2.24, 2.45) is 5.92 Å². The van der Waals surface area contributed by atoms with Crippen molar-refractivity contribution in [2.45, 2.75) is 50.4 Å². The molecule has 1 N–H and O–H groups in total. The summed E-state index contributed by atoms with van der Waals surface area (Å²) in [6, 6.07) is 14.9. The molecular weight excluding hydrogens is 400 g/mol. The Bertz CT molecular complexity index is 933. The number of carbonyl (C=O) groups excluding carboxylic acids is 1. The molecule has 1 unspecified atom stereocenters. The predicted molar refractivity (Wildman–Crippen MR) is 118 cm³/mol. The van der Waals surface area contributed by atoms with E-state index >= 15 is 0 Å². The van der Waals surface area contributed by atoms with E-state index in [1.165, 1.54) is 29.5 Å². The molecule has 3 aromatic rings. The topological polar surface area (TPSA) is 59.8 Å². The second kappa shape index (κ2) is 9.13. The van der Waals surface area contributed by atoms with Crippen LogP contribution in [0.15, 0.2) is 53.0 Å². The number of aromatic nitrogens is 3.